The largest absolute Gasteiger partial charge is 0.481 e. The number of nitriles is 1. The fraction of sp³-hybridized carbons (Fsp3) is 0.500. The van der Waals surface area contributed by atoms with E-state index in [2.05, 4.69) is 11.4 Å². The monoisotopic (exact) mass is 272 g/mol. The van der Waals surface area contributed by atoms with Gasteiger partial charge in [0.05, 0.1) is 17.0 Å². The molecule has 1 aliphatic rings. The average Bonchev–Trinajstić information content (AvgIpc) is 2.72. The maximum Gasteiger partial charge on any atom is 0.311 e. The summed E-state index contributed by atoms with van der Waals surface area (Å²) in [6, 6.07) is 9.20. The van der Waals surface area contributed by atoms with Crippen LogP contribution in [-0.2, 0) is 4.79 Å². The lowest BCUT2D eigenvalue weighted by Gasteiger charge is -2.28. The topological polar surface area (TPSA) is 73.1 Å². The van der Waals surface area contributed by atoms with Crippen LogP contribution in [0.3, 0.4) is 0 Å². The zero-order valence-electron chi connectivity index (χ0n) is 11.6. The first-order valence-electron chi connectivity index (χ1n) is 7.14. The number of benzene rings is 1. The number of carboxylic acids is 1. The van der Waals surface area contributed by atoms with Crippen molar-refractivity contribution in [2.75, 3.05) is 11.9 Å². The number of carbonyl (C=O) groups is 1. The number of anilines is 1. The lowest BCUT2D eigenvalue weighted by molar-refractivity contribution is -0.149. The molecule has 1 fully saturated rings. The molecule has 0 saturated heterocycles. The number of carboxylic acid groups (broad SMARTS) is 1. The molecule has 0 aromatic heterocycles. The minimum absolute atomic E-state index is 0.453. The Hall–Kier alpha value is -2.02. The summed E-state index contributed by atoms with van der Waals surface area (Å²) in [4.78, 5) is 11.7. The summed E-state index contributed by atoms with van der Waals surface area (Å²) in [5, 5.41) is 21.6. The summed E-state index contributed by atoms with van der Waals surface area (Å²) in [7, 11) is 0. The van der Waals surface area contributed by atoms with Crippen LogP contribution in [0.5, 0.6) is 0 Å². The van der Waals surface area contributed by atoms with Crippen molar-refractivity contribution in [3.63, 3.8) is 0 Å². The van der Waals surface area contributed by atoms with Gasteiger partial charge in [-0.15, -0.1) is 0 Å². The lowest BCUT2D eigenvalue weighted by Crippen LogP contribution is -2.37. The van der Waals surface area contributed by atoms with Gasteiger partial charge in [-0.25, -0.2) is 0 Å². The molecule has 2 rings (SSSR count). The molecule has 0 aliphatic heterocycles. The number of hydrogen-bond acceptors (Lipinski definition) is 3. The number of rotatable bonds is 4. The molecule has 1 aromatic carbocycles. The van der Waals surface area contributed by atoms with Crippen molar-refractivity contribution in [1.29, 1.82) is 5.26 Å². The Labute approximate surface area is 119 Å². The summed E-state index contributed by atoms with van der Waals surface area (Å²) in [5.41, 5.74) is 0.830. The molecular formula is C16H20N2O2. The van der Waals surface area contributed by atoms with Gasteiger partial charge in [-0.05, 0) is 37.1 Å². The molecule has 0 unspecified atom stereocenters. The van der Waals surface area contributed by atoms with Gasteiger partial charge in [0.15, 0.2) is 0 Å². The Balaban J connectivity index is 2.04. The van der Waals surface area contributed by atoms with Crippen molar-refractivity contribution in [3.8, 4) is 6.07 Å². The van der Waals surface area contributed by atoms with E-state index in [0.29, 0.717) is 12.1 Å². The molecule has 4 heteroatoms. The van der Waals surface area contributed by atoms with Gasteiger partial charge in [0, 0.05) is 12.2 Å². The normalized spacial score (nSPS) is 17.8. The highest BCUT2D eigenvalue weighted by atomic mass is 16.4. The van der Waals surface area contributed by atoms with Crippen molar-refractivity contribution in [2.45, 2.75) is 38.5 Å². The predicted molar refractivity (Wildman–Crippen MR) is 77.4 cm³/mol. The number of hydrogen-bond donors (Lipinski definition) is 2. The van der Waals surface area contributed by atoms with E-state index in [4.69, 9.17) is 5.26 Å². The minimum Gasteiger partial charge on any atom is -0.481 e. The maximum absolute atomic E-state index is 11.7. The van der Waals surface area contributed by atoms with E-state index in [1.807, 2.05) is 12.1 Å². The Bertz CT molecular complexity index is 494. The Kier molecular flexibility index (Phi) is 4.62. The molecule has 2 N–H and O–H groups in total. The van der Waals surface area contributed by atoms with Crippen LogP contribution in [0, 0.1) is 16.7 Å². The van der Waals surface area contributed by atoms with Crippen LogP contribution in [0.15, 0.2) is 24.3 Å². The Morgan fingerprint density at radius 2 is 1.80 bits per heavy atom. The van der Waals surface area contributed by atoms with E-state index in [-0.39, 0.29) is 0 Å². The van der Waals surface area contributed by atoms with E-state index in [1.165, 1.54) is 0 Å². The molecule has 0 bridgehead atoms. The van der Waals surface area contributed by atoms with E-state index in [1.54, 1.807) is 12.1 Å². The van der Waals surface area contributed by atoms with Gasteiger partial charge >= 0.3 is 5.97 Å². The predicted octanol–water partition coefficient (Wildman–Crippen LogP) is 3.40. The highest BCUT2D eigenvalue weighted by Crippen LogP contribution is 2.35. The molecule has 1 saturated carbocycles. The number of nitrogens with zero attached hydrogens (tertiary/aromatic N) is 1. The Morgan fingerprint density at radius 1 is 1.20 bits per heavy atom. The van der Waals surface area contributed by atoms with Crippen molar-refractivity contribution < 1.29 is 9.90 Å². The third kappa shape index (κ3) is 3.30. The molecule has 20 heavy (non-hydrogen) atoms. The van der Waals surface area contributed by atoms with Gasteiger partial charge in [0.1, 0.15) is 0 Å². The highest BCUT2D eigenvalue weighted by Gasteiger charge is 2.38. The molecule has 0 radical (unpaired) electrons. The second kappa shape index (κ2) is 6.42. The second-order valence-corrected chi connectivity index (χ2v) is 5.54. The molecule has 1 aliphatic carbocycles. The van der Waals surface area contributed by atoms with Crippen LogP contribution < -0.4 is 5.32 Å². The molecule has 0 spiro atoms. The minimum atomic E-state index is -0.694. The van der Waals surface area contributed by atoms with E-state index in [9.17, 15) is 9.90 Å². The molecule has 106 valence electrons. The van der Waals surface area contributed by atoms with Crippen LogP contribution >= 0.6 is 0 Å². The van der Waals surface area contributed by atoms with Crippen molar-refractivity contribution >= 4 is 11.7 Å². The first kappa shape index (κ1) is 14.4. The first-order valence-corrected chi connectivity index (χ1v) is 7.14. The van der Waals surface area contributed by atoms with Crippen LogP contribution in [0.1, 0.15) is 44.1 Å². The summed E-state index contributed by atoms with van der Waals surface area (Å²) in [6.45, 7) is 0.453. The van der Waals surface area contributed by atoms with E-state index in [0.717, 1.165) is 44.2 Å². The smallest absolute Gasteiger partial charge is 0.311 e. The van der Waals surface area contributed by atoms with Crippen LogP contribution in [0.2, 0.25) is 0 Å². The molecule has 0 heterocycles. The quantitative estimate of drug-likeness (QED) is 0.824. The molecule has 4 nitrogen and oxygen atoms in total. The summed E-state index contributed by atoms with van der Waals surface area (Å²) >= 11 is 0. The van der Waals surface area contributed by atoms with Crippen molar-refractivity contribution in [1.82, 2.24) is 0 Å². The van der Waals surface area contributed by atoms with Crippen LogP contribution in [0.25, 0.3) is 0 Å². The number of aliphatic carboxylic acids is 1. The fourth-order valence-electron chi connectivity index (χ4n) is 2.81. The zero-order valence-corrected chi connectivity index (χ0v) is 11.6. The fourth-order valence-corrected chi connectivity index (χ4v) is 2.81. The van der Waals surface area contributed by atoms with Crippen LogP contribution in [-0.4, -0.2) is 17.6 Å². The van der Waals surface area contributed by atoms with Gasteiger partial charge in [-0.1, -0.05) is 25.7 Å². The summed E-state index contributed by atoms with van der Waals surface area (Å²) < 4.78 is 0. The standard InChI is InChI=1S/C16H20N2O2/c17-11-13-5-7-14(8-6-13)18-12-16(15(19)20)9-3-1-2-4-10-16/h5-8,18H,1-4,9-10,12H2,(H,19,20). The van der Waals surface area contributed by atoms with Gasteiger partial charge in [-0.3, -0.25) is 4.79 Å². The van der Waals surface area contributed by atoms with Crippen LogP contribution in [0.4, 0.5) is 5.69 Å². The van der Waals surface area contributed by atoms with E-state index >= 15 is 0 Å². The van der Waals surface area contributed by atoms with Crippen molar-refractivity contribution in [2.24, 2.45) is 5.41 Å². The Morgan fingerprint density at radius 3 is 2.30 bits per heavy atom. The highest BCUT2D eigenvalue weighted by molar-refractivity contribution is 5.75. The third-order valence-corrected chi connectivity index (χ3v) is 4.16. The van der Waals surface area contributed by atoms with Gasteiger partial charge in [-0.2, -0.15) is 5.26 Å². The maximum atomic E-state index is 11.7. The lowest BCUT2D eigenvalue weighted by atomic mass is 9.80. The van der Waals surface area contributed by atoms with Gasteiger partial charge in [0.25, 0.3) is 0 Å². The molecular weight excluding hydrogens is 252 g/mol. The zero-order chi connectivity index (χ0) is 14.4. The van der Waals surface area contributed by atoms with E-state index < -0.39 is 11.4 Å². The van der Waals surface area contributed by atoms with Gasteiger partial charge in [0.2, 0.25) is 0 Å². The first-order chi connectivity index (χ1) is 9.66. The molecule has 0 atom stereocenters. The average molecular weight is 272 g/mol. The summed E-state index contributed by atoms with van der Waals surface area (Å²) in [5.74, 6) is -0.694. The summed E-state index contributed by atoms with van der Waals surface area (Å²) in [6.07, 6.45) is 5.72. The SMILES string of the molecule is N#Cc1ccc(NCC2(C(=O)O)CCCCCC2)cc1. The number of nitrogens with one attached hydrogen (secondary N) is 1. The van der Waals surface area contributed by atoms with Gasteiger partial charge < -0.3 is 10.4 Å². The molecule has 0 amide bonds. The third-order valence-electron chi connectivity index (χ3n) is 4.16. The van der Waals surface area contributed by atoms with Crippen molar-refractivity contribution in [3.05, 3.63) is 29.8 Å². The molecule has 1 aromatic rings. The second-order valence-electron chi connectivity index (χ2n) is 5.54.